The fraction of sp³-hybridized carbons (Fsp3) is 0.686. The predicted octanol–water partition coefficient (Wildman–Crippen LogP) is 5.93. The summed E-state index contributed by atoms with van der Waals surface area (Å²) in [4.78, 5) is 50.5. The van der Waals surface area contributed by atoms with Crippen molar-refractivity contribution >= 4 is 29.0 Å². The Labute approximate surface area is 279 Å². The largest absolute Gasteiger partial charge is 0.497 e. The van der Waals surface area contributed by atoms with Gasteiger partial charge in [0.25, 0.3) is 5.92 Å². The van der Waals surface area contributed by atoms with Crippen molar-refractivity contribution < 1.29 is 42.5 Å². The van der Waals surface area contributed by atoms with Crippen molar-refractivity contribution in [2.45, 2.75) is 109 Å². The number of ether oxygens (including phenoxy) is 3. The number of amides is 2. The van der Waals surface area contributed by atoms with Gasteiger partial charge in [0.05, 0.1) is 24.7 Å². The number of nitrogens with zero attached hydrogens (tertiary/aromatic N) is 3. The zero-order valence-electron chi connectivity index (χ0n) is 28.2. The van der Waals surface area contributed by atoms with Gasteiger partial charge in [-0.2, -0.15) is 8.78 Å². The Morgan fingerprint density at radius 3 is 2.50 bits per heavy atom. The summed E-state index contributed by atoms with van der Waals surface area (Å²) in [5.74, 6) is -5.14. The fourth-order valence-corrected chi connectivity index (χ4v) is 8.33. The Morgan fingerprint density at radius 2 is 1.85 bits per heavy atom. The molecule has 48 heavy (non-hydrogen) atoms. The van der Waals surface area contributed by atoms with Gasteiger partial charge in [0.1, 0.15) is 30.0 Å². The number of aliphatic carboxylic acids is 1. The van der Waals surface area contributed by atoms with Gasteiger partial charge in [-0.3, -0.25) is 4.79 Å². The molecule has 8 atom stereocenters. The Balaban J connectivity index is 1.43. The number of hydrogen-bond donors (Lipinski definition) is 2. The highest BCUT2D eigenvalue weighted by Crippen LogP contribution is 2.53. The molecule has 13 heteroatoms. The van der Waals surface area contributed by atoms with Crippen molar-refractivity contribution in [2.24, 2.45) is 29.1 Å². The van der Waals surface area contributed by atoms with E-state index in [0.717, 1.165) is 12.8 Å². The molecule has 0 spiro atoms. The number of fused-ring (bicyclic) bond motifs is 7. The van der Waals surface area contributed by atoms with Crippen molar-refractivity contribution in [3.63, 3.8) is 0 Å². The molecule has 6 rings (SSSR count). The maximum Gasteiger partial charge on any atom is 0.408 e. The van der Waals surface area contributed by atoms with Gasteiger partial charge in [0.2, 0.25) is 11.8 Å². The van der Waals surface area contributed by atoms with Gasteiger partial charge in [-0.25, -0.2) is 19.6 Å². The minimum atomic E-state index is -3.41. The van der Waals surface area contributed by atoms with E-state index in [-0.39, 0.29) is 42.4 Å². The smallest absolute Gasteiger partial charge is 0.408 e. The highest BCUT2D eigenvalue weighted by Gasteiger charge is 2.53. The van der Waals surface area contributed by atoms with Crippen LogP contribution in [-0.4, -0.2) is 75.9 Å². The first-order valence-electron chi connectivity index (χ1n) is 17.1. The predicted molar refractivity (Wildman–Crippen MR) is 171 cm³/mol. The number of carbonyl (C=O) groups excluding carboxylic acids is 2. The van der Waals surface area contributed by atoms with E-state index in [1.807, 2.05) is 0 Å². The van der Waals surface area contributed by atoms with Crippen LogP contribution in [0.15, 0.2) is 18.2 Å². The molecule has 11 nitrogen and oxygen atoms in total. The minimum absolute atomic E-state index is 0.0428. The van der Waals surface area contributed by atoms with Crippen LogP contribution in [0.3, 0.4) is 0 Å². The summed E-state index contributed by atoms with van der Waals surface area (Å²) in [6.07, 6.45) is 1.79. The van der Waals surface area contributed by atoms with Crippen LogP contribution >= 0.6 is 0 Å². The lowest BCUT2D eigenvalue weighted by molar-refractivity contribution is -0.151. The number of halogens is 2. The topological polar surface area (TPSA) is 140 Å². The van der Waals surface area contributed by atoms with Gasteiger partial charge in [-0.15, -0.1) is 0 Å². The monoisotopic (exact) mass is 672 g/mol. The Hall–Kier alpha value is -3.77. The van der Waals surface area contributed by atoms with Crippen LogP contribution in [0.4, 0.5) is 13.6 Å². The summed E-state index contributed by atoms with van der Waals surface area (Å²) in [6, 6.07) is 2.30. The average Bonchev–Trinajstić information content (AvgIpc) is 3.49. The number of aromatic nitrogens is 2. The summed E-state index contributed by atoms with van der Waals surface area (Å²) in [5, 5.41) is 13.2. The van der Waals surface area contributed by atoms with Gasteiger partial charge >= 0.3 is 12.1 Å². The molecule has 3 fully saturated rings. The fourth-order valence-electron chi connectivity index (χ4n) is 8.33. The highest BCUT2D eigenvalue weighted by atomic mass is 19.3. The van der Waals surface area contributed by atoms with E-state index in [9.17, 15) is 19.5 Å². The second-order valence-electron chi connectivity index (χ2n) is 15.0. The van der Waals surface area contributed by atoms with Crippen molar-refractivity contribution in [1.82, 2.24) is 20.2 Å². The minimum Gasteiger partial charge on any atom is -0.497 e. The molecule has 2 aromatic rings. The normalized spacial score (nSPS) is 32.4. The van der Waals surface area contributed by atoms with Crippen LogP contribution in [-0.2, 0) is 20.2 Å². The molecule has 2 saturated carbocycles. The molecule has 262 valence electrons. The summed E-state index contributed by atoms with van der Waals surface area (Å²) < 4.78 is 49.9. The van der Waals surface area contributed by atoms with E-state index in [1.54, 1.807) is 45.9 Å². The van der Waals surface area contributed by atoms with Gasteiger partial charge in [0.15, 0.2) is 5.69 Å². The Bertz CT molecular complexity index is 1570. The van der Waals surface area contributed by atoms with E-state index in [1.165, 1.54) is 12.0 Å². The van der Waals surface area contributed by atoms with Crippen LogP contribution in [0, 0.1) is 29.1 Å². The highest BCUT2D eigenvalue weighted by molar-refractivity contribution is 5.90. The summed E-state index contributed by atoms with van der Waals surface area (Å²) in [6.45, 7) is 6.89. The second-order valence-corrected chi connectivity index (χ2v) is 15.0. The molecule has 0 radical (unpaired) electrons. The molecular formula is C35H46F2N4O7. The Morgan fingerprint density at radius 1 is 1.08 bits per heavy atom. The first kappa shape index (κ1) is 34.1. The number of hydrogen-bond acceptors (Lipinski definition) is 8. The first-order valence-corrected chi connectivity index (χ1v) is 17.1. The van der Waals surface area contributed by atoms with Crippen LogP contribution in [0.2, 0.25) is 0 Å². The van der Waals surface area contributed by atoms with Crippen LogP contribution in [0.25, 0.3) is 11.0 Å². The molecule has 8 unspecified atom stereocenters. The number of carbonyl (C=O) groups is 3. The van der Waals surface area contributed by atoms with E-state index >= 15 is 8.78 Å². The molecule has 2 N–H and O–H groups in total. The molecule has 1 aromatic carbocycles. The molecule has 4 aliphatic rings. The van der Waals surface area contributed by atoms with Crippen molar-refractivity contribution in [3.05, 3.63) is 23.9 Å². The lowest BCUT2D eigenvalue weighted by Gasteiger charge is -2.36. The number of methoxy groups -OCH3 is 1. The molecular weight excluding hydrogens is 626 g/mol. The van der Waals surface area contributed by atoms with Crippen molar-refractivity contribution in [2.75, 3.05) is 13.7 Å². The summed E-state index contributed by atoms with van der Waals surface area (Å²) >= 11 is 0. The van der Waals surface area contributed by atoms with Gasteiger partial charge in [-0.05, 0) is 73.8 Å². The van der Waals surface area contributed by atoms with Gasteiger partial charge < -0.3 is 29.5 Å². The number of rotatable bonds is 3. The van der Waals surface area contributed by atoms with E-state index in [0.29, 0.717) is 36.8 Å². The quantitative estimate of drug-likeness (QED) is 0.406. The molecule has 3 heterocycles. The van der Waals surface area contributed by atoms with Crippen LogP contribution < -0.4 is 14.8 Å². The van der Waals surface area contributed by atoms with E-state index in [2.05, 4.69) is 15.3 Å². The SMILES string of the molecule is CCC1C2CN(C(=O)C(C(C)(C)C)NC(=O)OC3CC4CCC4C3CCCCC(F)(F)c3nc4ccc(OC)cc4nc3O2)C1C(=O)O. The molecule has 2 bridgehead atoms. The molecule has 1 saturated heterocycles. The second kappa shape index (κ2) is 12.9. The van der Waals surface area contributed by atoms with Gasteiger partial charge in [0, 0.05) is 18.4 Å². The van der Waals surface area contributed by atoms with Crippen LogP contribution in [0.1, 0.15) is 84.8 Å². The number of alkyl halides is 2. The zero-order valence-corrected chi connectivity index (χ0v) is 28.2. The zero-order chi connectivity index (χ0) is 34.5. The molecule has 1 aromatic heterocycles. The first-order chi connectivity index (χ1) is 22.7. The third-order valence-corrected chi connectivity index (χ3v) is 11.0. The Kier molecular flexibility index (Phi) is 9.18. The lowest BCUT2D eigenvalue weighted by Crippen LogP contribution is -2.57. The lowest BCUT2D eigenvalue weighted by atomic mass is 9.71. The van der Waals surface area contributed by atoms with E-state index < -0.39 is 71.4 Å². The average molecular weight is 673 g/mol. The van der Waals surface area contributed by atoms with Gasteiger partial charge in [-0.1, -0.05) is 34.1 Å². The van der Waals surface area contributed by atoms with Crippen molar-refractivity contribution in [1.29, 1.82) is 0 Å². The summed E-state index contributed by atoms with van der Waals surface area (Å²) in [5.41, 5.74) is -0.914. The standard InChI is InChI=1S/C35H46F2N4O7/c1-6-20-26-17-41(27(20)32(43)44)31(42)29(34(2,3)4)40-33(45)48-25-15-18-10-12-21(18)22(25)9-7-8-14-35(36,37)28-30(47-26)39-24-16-19(46-5)11-13-23(24)38-28/h11,13,16,18,20-22,25-27,29H,6-10,12,14-15,17H2,1-5H3,(H,40,45)(H,43,44). The third-order valence-electron chi connectivity index (χ3n) is 11.0. The number of carboxylic acid groups (broad SMARTS) is 1. The summed E-state index contributed by atoms with van der Waals surface area (Å²) in [7, 11) is 1.48. The number of nitrogens with one attached hydrogen (secondary N) is 1. The molecule has 2 amide bonds. The number of alkyl carbamates (subject to hydrolysis) is 1. The molecule has 2 aliphatic carbocycles. The van der Waals surface area contributed by atoms with Crippen LogP contribution in [0.5, 0.6) is 11.6 Å². The molecule has 2 aliphatic heterocycles. The van der Waals surface area contributed by atoms with E-state index in [4.69, 9.17) is 14.2 Å². The third kappa shape index (κ3) is 6.36. The number of benzene rings is 1. The maximum atomic E-state index is 16.2. The van der Waals surface area contributed by atoms with Crippen molar-refractivity contribution in [3.8, 4) is 11.6 Å². The maximum absolute atomic E-state index is 16.2. The number of carboxylic acids is 1.